The van der Waals surface area contributed by atoms with Crippen molar-refractivity contribution in [2.45, 2.75) is 52.0 Å². The fourth-order valence-electron chi connectivity index (χ4n) is 3.69. The standard InChI is InChI=1S/C21H27N3O4/c1-13(25)16-11-20(28-3)19(27-2)9-14(16)10-21(26)22-12-18-15-7-5-4-6-8-17(15)23-24-18/h9,11H,4-8,10,12H2,1-3H3,(H,22,26)(H,23,24). The first kappa shape index (κ1) is 19.9. The predicted octanol–water partition coefficient (Wildman–Crippen LogP) is 2.76. The SMILES string of the molecule is COc1cc(CC(=O)NCc2n[nH]c3c2CCCCC3)c(C(C)=O)cc1OC. The van der Waals surface area contributed by atoms with Crippen LogP contribution in [0.5, 0.6) is 11.5 Å². The van der Waals surface area contributed by atoms with Crippen LogP contribution in [0.1, 0.15) is 59.1 Å². The average Bonchev–Trinajstić information content (AvgIpc) is 2.91. The molecule has 0 unspecified atom stereocenters. The third-order valence-corrected chi connectivity index (χ3v) is 5.18. The van der Waals surface area contributed by atoms with Gasteiger partial charge < -0.3 is 14.8 Å². The molecule has 7 heteroatoms. The molecule has 0 saturated heterocycles. The fraction of sp³-hybridized carbons (Fsp3) is 0.476. The second-order valence-corrected chi connectivity index (χ2v) is 7.06. The maximum absolute atomic E-state index is 12.5. The lowest BCUT2D eigenvalue weighted by atomic mass is 10.00. The summed E-state index contributed by atoms with van der Waals surface area (Å²) in [4.78, 5) is 24.6. The third kappa shape index (κ3) is 4.35. The Hall–Kier alpha value is -2.83. The monoisotopic (exact) mass is 385 g/mol. The molecule has 1 aromatic heterocycles. The van der Waals surface area contributed by atoms with Gasteiger partial charge in [-0.1, -0.05) is 6.42 Å². The van der Waals surface area contributed by atoms with Crippen LogP contribution in [0.3, 0.4) is 0 Å². The fourth-order valence-corrected chi connectivity index (χ4v) is 3.69. The van der Waals surface area contributed by atoms with Crippen LogP contribution < -0.4 is 14.8 Å². The van der Waals surface area contributed by atoms with Gasteiger partial charge in [0.05, 0.1) is 32.9 Å². The highest BCUT2D eigenvalue weighted by molar-refractivity contribution is 5.97. The summed E-state index contributed by atoms with van der Waals surface area (Å²) in [6, 6.07) is 3.31. The second kappa shape index (κ2) is 8.91. The Labute approximate surface area is 164 Å². The number of nitrogens with one attached hydrogen (secondary N) is 2. The van der Waals surface area contributed by atoms with Gasteiger partial charge in [0.15, 0.2) is 17.3 Å². The number of nitrogens with zero attached hydrogens (tertiary/aromatic N) is 1. The van der Waals surface area contributed by atoms with E-state index in [4.69, 9.17) is 9.47 Å². The van der Waals surface area contributed by atoms with E-state index in [9.17, 15) is 9.59 Å². The molecule has 0 radical (unpaired) electrons. The lowest BCUT2D eigenvalue weighted by Gasteiger charge is -2.13. The number of hydrogen-bond acceptors (Lipinski definition) is 5. The highest BCUT2D eigenvalue weighted by Gasteiger charge is 2.19. The van der Waals surface area contributed by atoms with Gasteiger partial charge in [-0.15, -0.1) is 0 Å². The number of ether oxygens (including phenoxy) is 2. The van der Waals surface area contributed by atoms with Gasteiger partial charge >= 0.3 is 0 Å². The maximum Gasteiger partial charge on any atom is 0.224 e. The number of Topliss-reactive ketones (excluding diaryl/α,β-unsaturated/α-hetero) is 1. The lowest BCUT2D eigenvalue weighted by molar-refractivity contribution is -0.120. The van der Waals surface area contributed by atoms with Crippen molar-refractivity contribution in [3.05, 3.63) is 40.2 Å². The van der Waals surface area contributed by atoms with Crippen LogP contribution in [0.25, 0.3) is 0 Å². The molecule has 0 saturated carbocycles. The number of aromatic nitrogens is 2. The van der Waals surface area contributed by atoms with E-state index in [1.165, 1.54) is 45.2 Å². The number of aryl methyl sites for hydroxylation is 1. The second-order valence-electron chi connectivity index (χ2n) is 7.06. The highest BCUT2D eigenvalue weighted by atomic mass is 16.5. The number of H-pyrrole nitrogens is 1. The number of ketones is 1. The molecule has 28 heavy (non-hydrogen) atoms. The van der Waals surface area contributed by atoms with Crippen molar-refractivity contribution in [3.8, 4) is 11.5 Å². The predicted molar refractivity (Wildman–Crippen MR) is 105 cm³/mol. The van der Waals surface area contributed by atoms with E-state index >= 15 is 0 Å². The maximum atomic E-state index is 12.5. The van der Waals surface area contributed by atoms with E-state index in [-0.39, 0.29) is 18.1 Å². The number of hydrogen-bond donors (Lipinski definition) is 2. The van der Waals surface area contributed by atoms with Crippen LogP contribution in [0.15, 0.2) is 12.1 Å². The molecule has 150 valence electrons. The number of carbonyl (C=O) groups is 2. The molecule has 0 bridgehead atoms. The molecule has 1 amide bonds. The van der Waals surface area contributed by atoms with Gasteiger partial charge in [0.2, 0.25) is 5.91 Å². The Kier molecular flexibility index (Phi) is 6.34. The van der Waals surface area contributed by atoms with Gasteiger partial charge in [0.1, 0.15) is 0 Å². The summed E-state index contributed by atoms with van der Waals surface area (Å²) in [5, 5.41) is 10.4. The molecule has 2 aromatic rings. The number of rotatable bonds is 7. The number of methoxy groups -OCH3 is 2. The van der Waals surface area contributed by atoms with Crippen LogP contribution in [-0.4, -0.2) is 36.1 Å². The summed E-state index contributed by atoms with van der Waals surface area (Å²) < 4.78 is 10.6. The minimum atomic E-state index is -0.167. The van der Waals surface area contributed by atoms with Crippen molar-refractivity contribution in [3.63, 3.8) is 0 Å². The van der Waals surface area contributed by atoms with E-state index in [2.05, 4.69) is 15.5 Å². The van der Waals surface area contributed by atoms with E-state index in [1.54, 1.807) is 12.1 Å². The van der Waals surface area contributed by atoms with Crippen LogP contribution in [0.2, 0.25) is 0 Å². The molecular formula is C21H27N3O4. The zero-order chi connectivity index (χ0) is 20.1. The van der Waals surface area contributed by atoms with Gasteiger partial charge in [0.25, 0.3) is 0 Å². The summed E-state index contributed by atoms with van der Waals surface area (Å²) in [6.45, 7) is 1.86. The van der Waals surface area contributed by atoms with E-state index in [1.807, 2.05) is 0 Å². The number of fused-ring (bicyclic) bond motifs is 1. The van der Waals surface area contributed by atoms with Gasteiger partial charge in [-0.2, -0.15) is 5.10 Å². The number of aromatic amines is 1. The Morgan fingerprint density at radius 3 is 2.54 bits per heavy atom. The van der Waals surface area contributed by atoms with Crippen molar-refractivity contribution in [1.29, 1.82) is 0 Å². The minimum absolute atomic E-state index is 0.0852. The normalized spacial score (nSPS) is 13.4. The first-order chi connectivity index (χ1) is 13.5. The molecule has 0 spiro atoms. The summed E-state index contributed by atoms with van der Waals surface area (Å²) in [6.07, 6.45) is 5.66. The van der Waals surface area contributed by atoms with E-state index in [0.29, 0.717) is 29.2 Å². The summed E-state index contributed by atoms with van der Waals surface area (Å²) >= 11 is 0. The zero-order valence-electron chi connectivity index (χ0n) is 16.7. The summed E-state index contributed by atoms with van der Waals surface area (Å²) in [7, 11) is 3.04. The van der Waals surface area contributed by atoms with E-state index < -0.39 is 0 Å². The van der Waals surface area contributed by atoms with Crippen molar-refractivity contribution in [2.24, 2.45) is 0 Å². The Morgan fingerprint density at radius 1 is 1.11 bits per heavy atom. The molecule has 1 heterocycles. The van der Waals surface area contributed by atoms with Crippen LogP contribution in [-0.2, 0) is 30.6 Å². The minimum Gasteiger partial charge on any atom is -0.493 e. The molecule has 2 N–H and O–H groups in total. The number of benzene rings is 1. The first-order valence-electron chi connectivity index (χ1n) is 9.61. The molecule has 1 aliphatic rings. The van der Waals surface area contributed by atoms with Gasteiger partial charge in [-0.05, 0) is 55.9 Å². The third-order valence-electron chi connectivity index (χ3n) is 5.18. The van der Waals surface area contributed by atoms with Crippen LogP contribution >= 0.6 is 0 Å². The Balaban J connectivity index is 1.71. The highest BCUT2D eigenvalue weighted by Crippen LogP contribution is 2.31. The quantitative estimate of drug-likeness (QED) is 0.565. The van der Waals surface area contributed by atoms with Crippen molar-refractivity contribution >= 4 is 11.7 Å². The van der Waals surface area contributed by atoms with Crippen molar-refractivity contribution in [1.82, 2.24) is 15.5 Å². The molecule has 0 fully saturated rings. The van der Waals surface area contributed by atoms with Crippen molar-refractivity contribution in [2.75, 3.05) is 14.2 Å². The molecule has 1 aliphatic carbocycles. The Bertz CT molecular complexity index is 873. The van der Waals surface area contributed by atoms with Crippen LogP contribution in [0.4, 0.5) is 0 Å². The van der Waals surface area contributed by atoms with E-state index in [0.717, 1.165) is 25.0 Å². The summed E-state index contributed by atoms with van der Waals surface area (Å²) in [5.41, 5.74) is 4.42. The zero-order valence-corrected chi connectivity index (χ0v) is 16.7. The topological polar surface area (TPSA) is 93.3 Å². The molecule has 1 aromatic carbocycles. The molecule has 0 aliphatic heterocycles. The first-order valence-corrected chi connectivity index (χ1v) is 9.61. The molecule has 7 nitrogen and oxygen atoms in total. The molecule has 3 rings (SSSR count). The molecular weight excluding hydrogens is 358 g/mol. The van der Waals surface area contributed by atoms with Crippen molar-refractivity contribution < 1.29 is 19.1 Å². The van der Waals surface area contributed by atoms with Crippen LogP contribution in [0, 0.1) is 0 Å². The summed E-state index contributed by atoms with van der Waals surface area (Å²) in [5.74, 6) is 0.672. The molecule has 0 atom stereocenters. The Morgan fingerprint density at radius 2 is 1.82 bits per heavy atom. The lowest BCUT2D eigenvalue weighted by Crippen LogP contribution is -2.26. The number of carbonyl (C=O) groups excluding carboxylic acids is 2. The average molecular weight is 385 g/mol. The largest absolute Gasteiger partial charge is 0.493 e. The van der Waals surface area contributed by atoms with Gasteiger partial charge in [0, 0.05) is 11.3 Å². The smallest absolute Gasteiger partial charge is 0.224 e. The van der Waals surface area contributed by atoms with Gasteiger partial charge in [-0.25, -0.2) is 0 Å². The van der Waals surface area contributed by atoms with Gasteiger partial charge in [-0.3, -0.25) is 14.7 Å². The number of amides is 1.